The first-order valence-corrected chi connectivity index (χ1v) is 10.8. The summed E-state index contributed by atoms with van der Waals surface area (Å²) in [6.45, 7) is 10.2. The summed E-state index contributed by atoms with van der Waals surface area (Å²) in [6.07, 6.45) is 3.64. The van der Waals surface area contributed by atoms with Crippen LogP contribution in [0.15, 0.2) is 58.2 Å². The fourth-order valence-corrected chi connectivity index (χ4v) is 3.84. The molecule has 7 heteroatoms. The summed E-state index contributed by atoms with van der Waals surface area (Å²) in [5.41, 5.74) is 10.2. The molecule has 0 saturated carbocycles. The van der Waals surface area contributed by atoms with Gasteiger partial charge in [0.05, 0.1) is 11.9 Å². The van der Waals surface area contributed by atoms with Gasteiger partial charge in [-0.15, -0.1) is 0 Å². The Morgan fingerprint density at radius 3 is 2.45 bits per heavy atom. The highest BCUT2D eigenvalue weighted by atomic mass is 16.4. The molecule has 2 heterocycles. The normalized spacial score (nSPS) is 11.3. The standard InChI is InChI=1S/C26H26N6O/c1-16(2)25-29-22(13-27)26(33-25)30-28-14-20-15-32(21-9-7-6-8-10-21)31-24(20)23-18(4)11-17(3)12-19(23)5/h6-12,14-16,30H,1-5H3. The van der Waals surface area contributed by atoms with E-state index in [2.05, 4.69) is 48.4 Å². The molecule has 2 aromatic carbocycles. The van der Waals surface area contributed by atoms with Gasteiger partial charge < -0.3 is 4.42 Å². The lowest BCUT2D eigenvalue weighted by Crippen LogP contribution is -1.97. The van der Waals surface area contributed by atoms with E-state index in [1.54, 1.807) is 6.21 Å². The highest BCUT2D eigenvalue weighted by molar-refractivity contribution is 5.90. The molecule has 0 saturated heterocycles. The van der Waals surface area contributed by atoms with Crippen LogP contribution in [-0.4, -0.2) is 21.0 Å². The first-order chi connectivity index (χ1) is 15.9. The van der Waals surface area contributed by atoms with E-state index in [0.29, 0.717) is 5.89 Å². The van der Waals surface area contributed by atoms with E-state index in [1.165, 1.54) is 5.56 Å². The molecular formula is C26H26N6O. The third kappa shape index (κ3) is 4.55. The Labute approximate surface area is 193 Å². The van der Waals surface area contributed by atoms with E-state index in [1.807, 2.05) is 61.1 Å². The van der Waals surface area contributed by atoms with Crippen LogP contribution in [0.5, 0.6) is 0 Å². The Balaban J connectivity index is 1.75. The van der Waals surface area contributed by atoms with Crippen molar-refractivity contribution in [2.75, 3.05) is 5.43 Å². The van der Waals surface area contributed by atoms with Crippen molar-refractivity contribution in [3.05, 3.63) is 82.5 Å². The zero-order chi connectivity index (χ0) is 23.5. The van der Waals surface area contributed by atoms with Crippen LogP contribution in [0.1, 0.15) is 53.6 Å². The van der Waals surface area contributed by atoms with E-state index in [-0.39, 0.29) is 17.5 Å². The van der Waals surface area contributed by atoms with Crippen molar-refractivity contribution in [1.82, 2.24) is 14.8 Å². The molecule has 0 bridgehead atoms. The number of hydrogen-bond donors (Lipinski definition) is 1. The van der Waals surface area contributed by atoms with Crippen LogP contribution < -0.4 is 5.43 Å². The van der Waals surface area contributed by atoms with Crippen LogP contribution >= 0.6 is 0 Å². The number of para-hydroxylation sites is 1. The highest BCUT2D eigenvalue weighted by Gasteiger charge is 2.17. The van der Waals surface area contributed by atoms with Crippen molar-refractivity contribution in [1.29, 1.82) is 5.26 Å². The van der Waals surface area contributed by atoms with Crippen molar-refractivity contribution < 1.29 is 4.42 Å². The number of oxazole rings is 1. The summed E-state index contributed by atoms with van der Waals surface area (Å²) >= 11 is 0. The summed E-state index contributed by atoms with van der Waals surface area (Å²) in [4.78, 5) is 4.21. The quantitative estimate of drug-likeness (QED) is 0.299. The maximum Gasteiger partial charge on any atom is 0.252 e. The van der Waals surface area contributed by atoms with Crippen LogP contribution in [0.2, 0.25) is 0 Å². The summed E-state index contributed by atoms with van der Waals surface area (Å²) in [5.74, 6) is 0.796. The van der Waals surface area contributed by atoms with Crippen LogP contribution in [0.3, 0.4) is 0 Å². The number of nitrogens with one attached hydrogen (secondary N) is 1. The first-order valence-electron chi connectivity index (χ1n) is 10.8. The second-order valence-electron chi connectivity index (χ2n) is 8.35. The van der Waals surface area contributed by atoms with Gasteiger partial charge in [-0.1, -0.05) is 49.7 Å². The number of aryl methyl sites for hydroxylation is 3. The molecule has 7 nitrogen and oxygen atoms in total. The Kier molecular flexibility index (Phi) is 6.09. The molecule has 0 amide bonds. The van der Waals surface area contributed by atoms with Gasteiger partial charge in [-0.3, -0.25) is 0 Å². The SMILES string of the molecule is Cc1cc(C)c(-c2nn(-c3ccccc3)cc2C=NNc2oc(C(C)C)nc2C#N)c(C)c1. The number of hydrazone groups is 1. The summed E-state index contributed by atoms with van der Waals surface area (Å²) in [7, 11) is 0. The molecule has 166 valence electrons. The lowest BCUT2D eigenvalue weighted by atomic mass is 9.96. The van der Waals surface area contributed by atoms with Gasteiger partial charge in [0.1, 0.15) is 11.8 Å². The minimum atomic E-state index is 0.0693. The number of benzene rings is 2. The fraction of sp³-hybridized carbons (Fsp3) is 0.231. The lowest BCUT2D eigenvalue weighted by molar-refractivity contribution is 0.481. The largest absolute Gasteiger partial charge is 0.422 e. The molecular weight excluding hydrogens is 412 g/mol. The topological polar surface area (TPSA) is 92.0 Å². The third-order valence-electron chi connectivity index (χ3n) is 5.29. The van der Waals surface area contributed by atoms with Gasteiger partial charge in [-0.25, -0.2) is 15.1 Å². The Morgan fingerprint density at radius 1 is 1.12 bits per heavy atom. The summed E-state index contributed by atoms with van der Waals surface area (Å²) in [5, 5.41) is 18.6. The van der Waals surface area contributed by atoms with Crippen molar-refractivity contribution >= 4 is 12.1 Å². The van der Waals surface area contributed by atoms with Crippen molar-refractivity contribution in [2.24, 2.45) is 5.10 Å². The molecule has 1 N–H and O–H groups in total. The number of rotatable bonds is 6. The van der Waals surface area contributed by atoms with E-state index in [9.17, 15) is 5.26 Å². The van der Waals surface area contributed by atoms with Crippen LogP contribution in [0, 0.1) is 32.1 Å². The molecule has 0 radical (unpaired) electrons. The van der Waals surface area contributed by atoms with Crippen LogP contribution in [0.4, 0.5) is 5.88 Å². The third-order valence-corrected chi connectivity index (χ3v) is 5.29. The maximum atomic E-state index is 9.36. The van der Waals surface area contributed by atoms with Gasteiger partial charge in [0.15, 0.2) is 0 Å². The molecule has 0 unspecified atom stereocenters. The van der Waals surface area contributed by atoms with Gasteiger partial charge in [-0.2, -0.15) is 15.5 Å². The maximum absolute atomic E-state index is 9.36. The van der Waals surface area contributed by atoms with E-state index in [0.717, 1.165) is 33.6 Å². The minimum absolute atomic E-state index is 0.0693. The van der Waals surface area contributed by atoms with Crippen LogP contribution in [0.25, 0.3) is 16.9 Å². The number of hydrogen-bond acceptors (Lipinski definition) is 6. The minimum Gasteiger partial charge on any atom is -0.422 e. The zero-order valence-electron chi connectivity index (χ0n) is 19.4. The van der Waals surface area contributed by atoms with Gasteiger partial charge in [0.25, 0.3) is 5.88 Å². The van der Waals surface area contributed by atoms with Gasteiger partial charge in [0.2, 0.25) is 11.6 Å². The molecule has 2 aromatic heterocycles. The monoisotopic (exact) mass is 438 g/mol. The molecule has 0 aliphatic carbocycles. The summed E-state index contributed by atoms with van der Waals surface area (Å²) in [6, 6.07) is 16.3. The molecule has 0 atom stereocenters. The molecule has 0 fully saturated rings. The number of nitrogens with zero attached hydrogens (tertiary/aromatic N) is 5. The van der Waals surface area contributed by atoms with Gasteiger partial charge >= 0.3 is 0 Å². The van der Waals surface area contributed by atoms with Crippen molar-refractivity contribution in [3.63, 3.8) is 0 Å². The number of anilines is 1. The predicted molar refractivity (Wildman–Crippen MR) is 130 cm³/mol. The first kappa shape index (κ1) is 22.0. The summed E-state index contributed by atoms with van der Waals surface area (Å²) < 4.78 is 7.52. The average molecular weight is 439 g/mol. The second kappa shape index (κ2) is 9.13. The van der Waals surface area contributed by atoms with E-state index in [4.69, 9.17) is 9.52 Å². The molecule has 33 heavy (non-hydrogen) atoms. The Hall–Kier alpha value is -4.18. The Morgan fingerprint density at radius 2 is 1.82 bits per heavy atom. The zero-order valence-corrected chi connectivity index (χ0v) is 19.4. The molecule has 4 rings (SSSR count). The molecule has 4 aromatic rings. The number of nitriles is 1. The van der Waals surface area contributed by atoms with Crippen molar-refractivity contribution in [2.45, 2.75) is 40.5 Å². The average Bonchev–Trinajstić information content (AvgIpc) is 3.38. The van der Waals surface area contributed by atoms with E-state index >= 15 is 0 Å². The van der Waals surface area contributed by atoms with Crippen LogP contribution in [-0.2, 0) is 0 Å². The highest BCUT2D eigenvalue weighted by Crippen LogP contribution is 2.30. The number of aromatic nitrogens is 3. The van der Waals surface area contributed by atoms with E-state index < -0.39 is 0 Å². The molecule has 0 aliphatic heterocycles. The molecule has 0 aliphatic rings. The van der Waals surface area contributed by atoms with Gasteiger partial charge in [0, 0.05) is 23.2 Å². The predicted octanol–water partition coefficient (Wildman–Crippen LogP) is 5.89. The Bertz CT molecular complexity index is 1330. The second-order valence-corrected chi connectivity index (χ2v) is 8.35. The van der Waals surface area contributed by atoms with Crippen molar-refractivity contribution in [3.8, 4) is 23.0 Å². The fourth-order valence-electron chi connectivity index (χ4n) is 3.84. The molecule has 0 spiro atoms. The smallest absolute Gasteiger partial charge is 0.252 e. The van der Waals surface area contributed by atoms with Gasteiger partial charge in [-0.05, 0) is 44.0 Å². The lowest BCUT2D eigenvalue weighted by Gasteiger charge is -2.10.